The molecule has 28 heavy (non-hydrogen) atoms. The van der Waals surface area contributed by atoms with E-state index >= 15 is 0 Å². The van der Waals surface area contributed by atoms with E-state index < -0.39 is 0 Å². The van der Waals surface area contributed by atoms with E-state index in [9.17, 15) is 4.79 Å². The Bertz CT molecular complexity index is 806. The van der Waals surface area contributed by atoms with Crippen LogP contribution in [-0.2, 0) is 11.3 Å². The molecule has 3 N–H and O–H groups in total. The maximum Gasteiger partial charge on any atom is 0.259 e. The number of rotatable bonds is 11. The van der Waals surface area contributed by atoms with Crippen molar-refractivity contribution >= 4 is 17.4 Å². The van der Waals surface area contributed by atoms with E-state index in [-0.39, 0.29) is 11.7 Å². The normalized spacial score (nSPS) is 10.5. The van der Waals surface area contributed by atoms with Gasteiger partial charge in [-0.05, 0) is 56.4 Å². The number of allylic oxidation sites excluding steroid dienone is 1. The number of ether oxygens (including phenoxy) is 2. The first-order valence-electron chi connectivity index (χ1n) is 9.45. The summed E-state index contributed by atoms with van der Waals surface area (Å²) in [5.41, 5.74) is 8.53. The van der Waals surface area contributed by atoms with Crippen LogP contribution in [-0.4, -0.2) is 24.6 Å². The lowest BCUT2D eigenvalue weighted by molar-refractivity contribution is 0.102. The second kappa shape index (κ2) is 11.1. The summed E-state index contributed by atoms with van der Waals surface area (Å²) in [6.45, 7) is 6.59. The highest BCUT2D eigenvalue weighted by atomic mass is 16.5. The second-order valence-electron chi connectivity index (χ2n) is 6.59. The van der Waals surface area contributed by atoms with Crippen LogP contribution in [0.5, 0.6) is 5.75 Å². The van der Waals surface area contributed by atoms with E-state index in [1.807, 2.05) is 31.2 Å². The Morgan fingerprint density at radius 2 is 2.11 bits per heavy atom. The highest BCUT2D eigenvalue weighted by molar-refractivity contribution is 6.07. The molecule has 1 heterocycles. The van der Waals surface area contributed by atoms with Gasteiger partial charge in [-0.3, -0.25) is 4.79 Å². The molecule has 1 aromatic carbocycles. The van der Waals surface area contributed by atoms with Gasteiger partial charge in [0.25, 0.3) is 5.91 Å². The molecule has 2 rings (SSSR count). The number of methoxy groups -OCH3 is 1. The number of nitrogens with one attached hydrogen (secondary N) is 1. The molecule has 6 nitrogen and oxygen atoms in total. The van der Waals surface area contributed by atoms with Crippen molar-refractivity contribution in [2.24, 2.45) is 0 Å². The molecule has 0 fully saturated rings. The minimum Gasteiger partial charge on any atom is -0.494 e. The molecule has 0 aliphatic heterocycles. The summed E-state index contributed by atoms with van der Waals surface area (Å²) in [5.74, 6) is 0.597. The second-order valence-corrected chi connectivity index (χ2v) is 6.59. The number of hydrogen-bond donors (Lipinski definition) is 2. The molecule has 0 atom stereocenters. The summed E-state index contributed by atoms with van der Waals surface area (Å²) in [6, 6.07) is 9.06. The number of nitrogens with zero attached hydrogens (tertiary/aromatic N) is 1. The van der Waals surface area contributed by atoms with Gasteiger partial charge in [0, 0.05) is 18.9 Å². The third-order valence-corrected chi connectivity index (χ3v) is 4.29. The number of carbonyl (C=O) groups excluding carboxylic acids is 1. The number of aromatic nitrogens is 1. The summed E-state index contributed by atoms with van der Waals surface area (Å²) >= 11 is 0. The van der Waals surface area contributed by atoms with E-state index in [2.05, 4.69) is 16.9 Å². The fourth-order valence-corrected chi connectivity index (χ4v) is 2.75. The maximum absolute atomic E-state index is 12.6. The molecule has 150 valence electrons. The van der Waals surface area contributed by atoms with E-state index in [0.717, 1.165) is 42.7 Å². The number of benzene rings is 1. The SMILES string of the molecule is C=CCCCCCOc1cccc(NC(=O)c2cc(C)c(COC)nc2N)c1. The van der Waals surface area contributed by atoms with Crippen LogP contribution in [0.15, 0.2) is 43.0 Å². The van der Waals surface area contributed by atoms with Gasteiger partial charge < -0.3 is 20.5 Å². The van der Waals surface area contributed by atoms with Crippen LogP contribution in [0.1, 0.15) is 47.3 Å². The summed E-state index contributed by atoms with van der Waals surface area (Å²) in [6.07, 6.45) is 6.18. The van der Waals surface area contributed by atoms with Crippen LogP contribution < -0.4 is 15.8 Å². The number of carbonyl (C=O) groups is 1. The first-order chi connectivity index (χ1) is 13.5. The third kappa shape index (κ3) is 6.39. The van der Waals surface area contributed by atoms with Crippen molar-refractivity contribution in [2.45, 2.75) is 39.2 Å². The third-order valence-electron chi connectivity index (χ3n) is 4.29. The van der Waals surface area contributed by atoms with Crippen molar-refractivity contribution in [1.29, 1.82) is 0 Å². The largest absolute Gasteiger partial charge is 0.494 e. The molecular weight excluding hydrogens is 354 g/mol. The molecule has 0 bridgehead atoms. The van der Waals surface area contributed by atoms with Crippen LogP contribution in [0.3, 0.4) is 0 Å². The Balaban J connectivity index is 1.97. The number of hydrogen-bond acceptors (Lipinski definition) is 5. The molecule has 6 heteroatoms. The van der Waals surface area contributed by atoms with Crippen LogP contribution in [0.2, 0.25) is 0 Å². The molecule has 0 radical (unpaired) electrons. The number of anilines is 2. The quantitative estimate of drug-likeness (QED) is 0.441. The number of amides is 1. The first-order valence-corrected chi connectivity index (χ1v) is 9.45. The van der Waals surface area contributed by atoms with Crippen LogP contribution >= 0.6 is 0 Å². The Kier molecular flexibility index (Phi) is 8.49. The van der Waals surface area contributed by atoms with Gasteiger partial charge in [-0.25, -0.2) is 4.98 Å². The Hall–Kier alpha value is -2.86. The van der Waals surface area contributed by atoms with Crippen molar-refractivity contribution < 1.29 is 14.3 Å². The zero-order valence-corrected chi connectivity index (χ0v) is 16.7. The Labute approximate surface area is 166 Å². The van der Waals surface area contributed by atoms with Crippen molar-refractivity contribution in [3.05, 3.63) is 59.8 Å². The van der Waals surface area contributed by atoms with Crippen molar-refractivity contribution in [3.8, 4) is 5.75 Å². The number of unbranched alkanes of at least 4 members (excludes halogenated alkanes) is 3. The predicted octanol–water partition coefficient (Wildman–Crippen LogP) is 4.50. The predicted molar refractivity (Wildman–Crippen MR) is 113 cm³/mol. The highest BCUT2D eigenvalue weighted by Gasteiger charge is 2.14. The van der Waals surface area contributed by atoms with Gasteiger partial charge in [0.1, 0.15) is 11.6 Å². The molecule has 0 aliphatic rings. The topological polar surface area (TPSA) is 86.5 Å². The van der Waals surface area contributed by atoms with Gasteiger partial charge in [-0.1, -0.05) is 12.1 Å². The highest BCUT2D eigenvalue weighted by Crippen LogP contribution is 2.21. The average molecular weight is 383 g/mol. The van der Waals surface area contributed by atoms with Gasteiger partial charge in [-0.15, -0.1) is 6.58 Å². The standard InChI is InChI=1S/C22H29N3O3/c1-4-5-6-7-8-12-28-18-11-9-10-17(14-18)24-22(26)19-13-16(2)20(15-27-3)25-21(19)23/h4,9-11,13-14H,1,5-8,12,15H2,2-3H3,(H2,23,25)(H,24,26). The van der Waals surface area contributed by atoms with Gasteiger partial charge in [-0.2, -0.15) is 0 Å². The smallest absolute Gasteiger partial charge is 0.259 e. The average Bonchev–Trinajstić information content (AvgIpc) is 2.67. The first kappa shape index (κ1) is 21.4. The molecule has 0 saturated heterocycles. The van der Waals surface area contributed by atoms with E-state index in [1.165, 1.54) is 0 Å². The molecule has 1 aromatic heterocycles. The van der Waals surface area contributed by atoms with Gasteiger partial charge >= 0.3 is 0 Å². The van der Waals surface area contributed by atoms with Crippen LogP contribution in [0, 0.1) is 6.92 Å². The lowest BCUT2D eigenvalue weighted by atomic mass is 10.1. The van der Waals surface area contributed by atoms with E-state index in [1.54, 1.807) is 19.2 Å². The molecular formula is C22H29N3O3. The molecule has 1 amide bonds. The molecule has 0 unspecified atom stereocenters. The minimum atomic E-state index is -0.307. The Morgan fingerprint density at radius 3 is 2.86 bits per heavy atom. The van der Waals surface area contributed by atoms with Crippen molar-refractivity contribution in [1.82, 2.24) is 4.98 Å². The summed E-state index contributed by atoms with van der Waals surface area (Å²) in [5, 5.41) is 2.86. The van der Waals surface area contributed by atoms with Gasteiger partial charge in [0.2, 0.25) is 0 Å². The molecule has 0 spiro atoms. The lowest BCUT2D eigenvalue weighted by Crippen LogP contribution is -2.16. The lowest BCUT2D eigenvalue weighted by Gasteiger charge is -2.12. The summed E-state index contributed by atoms with van der Waals surface area (Å²) < 4.78 is 10.9. The molecule has 2 aromatic rings. The van der Waals surface area contributed by atoms with E-state index in [0.29, 0.717) is 24.5 Å². The van der Waals surface area contributed by atoms with Crippen molar-refractivity contribution in [2.75, 3.05) is 24.8 Å². The zero-order chi connectivity index (χ0) is 20.4. The monoisotopic (exact) mass is 383 g/mol. The summed E-state index contributed by atoms with van der Waals surface area (Å²) in [4.78, 5) is 16.9. The Morgan fingerprint density at radius 1 is 1.29 bits per heavy atom. The summed E-state index contributed by atoms with van der Waals surface area (Å²) in [7, 11) is 1.59. The number of nitrogens with two attached hydrogens (primary N) is 1. The van der Waals surface area contributed by atoms with Crippen molar-refractivity contribution in [3.63, 3.8) is 0 Å². The van der Waals surface area contributed by atoms with Gasteiger partial charge in [0.05, 0.1) is 24.5 Å². The van der Waals surface area contributed by atoms with Crippen LogP contribution in [0.4, 0.5) is 11.5 Å². The molecule has 0 aliphatic carbocycles. The number of pyridine rings is 1. The van der Waals surface area contributed by atoms with Crippen LogP contribution in [0.25, 0.3) is 0 Å². The molecule has 0 saturated carbocycles. The number of aryl methyl sites for hydroxylation is 1. The fourth-order valence-electron chi connectivity index (χ4n) is 2.75. The fraction of sp³-hybridized carbons (Fsp3) is 0.364. The maximum atomic E-state index is 12.6. The van der Waals surface area contributed by atoms with E-state index in [4.69, 9.17) is 15.2 Å². The van der Waals surface area contributed by atoms with Gasteiger partial charge in [0.15, 0.2) is 0 Å². The zero-order valence-electron chi connectivity index (χ0n) is 16.7. The minimum absolute atomic E-state index is 0.182. The number of nitrogen functional groups attached to an aromatic ring is 1.